The van der Waals surface area contributed by atoms with Gasteiger partial charge in [0.15, 0.2) is 0 Å². The van der Waals surface area contributed by atoms with Crippen molar-refractivity contribution >= 4 is 23.7 Å². The third-order valence-corrected chi connectivity index (χ3v) is 5.43. The van der Waals surface area contributed by atoms with Crippen molar-refractivity contribution in [3.8, 4) is 0 Å². The Morgan fingerprint density at radius 3 is 2.86 bits per heavy atom. The zero-order valence-corrected chi connectivity index (χ0v) is 16.0. The fraction of sp³-hybridized carbons (Fsp3) is 0.476. The van der Waals surface area contributed by atoms with E-state index < -0.39 is 0 Å². The third kappa shape index (κ3) is 4.66. The minimum absolute atomic E-state index is 0.00427. The molecule has 0 spiro atoms. The van der Waals surface area contributed by atoms with Gasteiger partial charge < -0.3 is 15.0 Å². The smallest absolute Gasteiger partial charge is 0.246 e. The molecule has 1 N–H and O–H groups in total. The molecule has 28 heavy (non-hydrogen) atoms. The van der Waals surface area contributed by atoms with Gasteiger partial charge in [0.05, 0.1) is 13.2 Å². The van der Waals surface area contributed by atoms with E-state index in [1.165, 1.54) is 5.57 Å². The van der Waals surface area contributed by atoms with Crippen LogP contribution >= 0.6 is 0 Å². The maximum Gasteiger partial charge on any atom is 0.246 e. The van der Waals surface area contributed by atoms with E-state index in [0.717, 1.165) is 56.9 Å². The summed E-state index contributed by atoms with van der Waals surface area (Å²) in [6, 6.07) is 1.99. The number of carbonyl (C=O) groups is 2. The summed E-state index contributed by atoms with van der Waals surface area (Å²) in [7, 11) is 0. The Morgan fingerprint density at radius 1 is 1.21 bits per heavy atom. The molecule has 1 fully saturated rings. The van der Waals surface area contributed by atoms with E-state index in [9.17, 15) is 9.59 Å². The minimum atomic E-state index is 0.00427. The lowest BCUT2D eigenvalue weighted by atomic mass is 10.0. The number of hydrogen-bond acceptors (Lipinski definition) is 5. The van der Waals surface area contributed by atoms with Crippen LogP contribution in [-0.2, 0) is 20.7 Å². The monoisotopic (exact) mass is 382 g/mol. The van der Waals surface area contributed by atoms with Gasteiger partial charge in [-0.3, -0.25) is 14.5 Å². The molecule has 7 nitrogen and oxygen atoms in total. The summed E-state index contributed by atoms with van der Waals surface area (Å²) in [6.45, 7) is 6.01. The zero-order chi connectivity index (χ0) is 19.3. The summed E-state index contributed by atoms with van der Waals surface area (Å²) < 4.78 is 5.39. The molecule has 0 atom stereocenters. The Balaban J connectivity index is 1.31. The number of aryl methyl sites for hydroxylation is 1. The number of hydrogen-bond donors (Lipinski definition) is 1. The molecule has 3 aliphatic rings. The van der Waals surface area contributed by atoms with Crippen LogP contribution < -0.4 is 5.32 Å². The van der Waals surface area contributed by atoms with Crippen molar-refractivity contribution in [2.75, 3.05) is 51.3 Å². The van der Waals surface area contributed by atoms with E-state index in [1.54, 1.807) is 18.3 Å². The van der Waals surface area contributed by atoms with Gasteiger partial charge in [0, 0.05) is 51.4 Å². The average molecular weight is 382 g/mol. The largest absolute Gasteiger partial charge is 0.379 e. The second kappa shape index (κ2) is 8.67. The van der Waals surface area contributed by atoms with Crippen LogP contribution in [0.3, 0.4) is 0 Å². The van der Waals surface area contributed by atoms with E-state index in [0.29, 0.717) is 25.2 Å². The number of fused-ring (bicyclic) bond motifs is 1. The van der Waals surface area contributed by atoms with Gasteiger partial charge >= 0.3 is 0 Å². The van der Waals surface area contributed by atoms with Crippen molar-refractivity contribution in [1.29, 1.82) is 0 Å². The van der Waals surface area contributed by atoms with Gasteiger partial charge in [0.1, 0.15) is 5.82 Å². The van der Waals surface area contributed by atoms with Gasteiger partial charge in [-0.25, -0.2) is 4.98 Å². The molecular formula is C21H26N4O3. The van der Waals surface area contributed by atoms with Gasteiger partial charge in [0.2, 0.25) is 11.8 Å². The predicted octanol–water partition coefficient (Wildman–Crippen LogP) is 1.47. The van der Waals surface area contributed by atoms with Crippen LogP contribution in [0.2, 0.25) is 0 Å². The van der Waals surface area contributed by atoms with Crippen molar-refractivity contribution in [3.05, 3.63) is 41.1 Å². The highest BCUT2D eigenvalue weighted by Crippen LogP contribution is 2.21. The molecule has 0 radical (unpaired) electrons. The highest BCUT2D eigenvalue weighted by atomic mass is 16.5. The molecule has 0 saturated carbocycles. The van der Waals surface area contributed by atoms with E-state index >= 15 is 0 Å². The summed E-state index contributed by atoms with van der Waals surface area (Å²) >= 11 is 0. The van der Waals surface area contributed by atoms with Gasteiger partial charge in [0.25, 0.3) is 0 Å². The van der Waals surface area contributed by atoms with Gasteiger partial charge in [-0.1, -0.05) is 11.6 Å². The van der Waals surface area contributed by atoms with Crippen molar-refractivity contribution < 1.29 is 14.3 Å². The van der Waals surface area contributed by atoms with E-state index in [-0.39, 0.29) is 11.8 Å². The molecule has 0 unspecified atom stereocenters. The van der Waals surface area contributed by atoms with E-state index in [2.05, 4.69) is 21.3 Å². The molecule has 1 aromatic rings. The standard InChI is InChI=1S/C21H26N4O3/c26-19-3-2-18-13-17(14-22-21(18)23-19)1-4-20(27)25-7-5-16(6-8-25)15-24-9-11-28-12-10-24/h1,4-5,13-14H,2-3,6-12,15H2,(H,22,23,26). The van der Waals surface area contributed by atoms with Gasteiger partial charge in [-0.2, -0.15) is 0 Å². The Labute approximate surface area is 165 Å². The number of nitrogens with zero attached hydrogens (tertiary/aromatic N) is 3. The van der Waals surface area contributed by atoms with Crippen molar-refractivity contribution in [1.82, 2.24) is 14.8 Å². The topological polar surface area (TPSA) is 74.8 Å². The number of nitrogens with one attached hydrogen (secondary N) is 1. The van der Waals surface area contributed by atoms with Crippen molar-refractivity contribution in [3.63, 3.8) is 0 Å². The molecular weight excluding hydrogens is 356 g/mol. The summed E-state index contributed by atoms with van der Waals surface area (Å²) in [5.41, 5.74) is 3.31. The van der Waals surface area contributed by atoms with Crippen molar-refractivity contribution in [2.45, 2.75) is 19.3 Å². The molecule has 4 heterocycles. The average Bonchev–Trinajstić information content (AvgIpc) is 2.73. The zero-order valence-electron chi connectivity index (χ0n) is 16.0. The Morgan fingerprint density at radius 2 is 2.07 bits per heavy atom. The first-order valence-electron chi connectivity index (χ1n) is 9.91. The number of amides is 2. The van der Waals surface area contributed by atoms with Crippen LogP contribution in [-0.4, -0.2) is 72.5 Å². The van der Waals surface area contributed by atoms with Gasteiger partial charge in [-0.05, 0) is 36.1 Å². The first-order valence-corrected chi connectivity index (χ1v) is 9.91. The predicted molar refractivity (Wildman–Crippen MR) is 107 cm³/mol. The third-order valence-electron chi connectivity index (χ3n) is 5.43. The minimum Gasteiger partial charge on any atom is -0.379 e. The summed E-state index contributed by atoms with van der Waals surface area (Å²) in [5.74, 6) is 0.658. The van der Waals surface area contributed by atoms with E-state index in [4.69, 9.17) is 4.74 Å². The molecule has 0 bridgehead atoms. The van der Waals surface area contributed by atoms with Crippen LogP contribution in [0.4, 0.5) is 5.82 Å². The molecule has 0 aromatic carbocycles. The summed E-state index contributed by atoms with van der Waals surface area (Å²) in [6.07, 6.45) is 9.39. The van der Waals surface area contributed by atoms with Crippen LogP contribution in [0.1, 0.15) is 24.0 Å². The number of carbonyl (C=O) groups excluding carboxylic acids is 2. The molecule has 2 amide bonds. The number of anilines is 1. The summed E-state index contributed by atoms with van der Waals surface area (Å²) in [5, 5.41) is 2.77. The molecule has 7 heteroatoms. The molecule has 1 saturated heterocycles. The first kappa shape index (κ1) is 18.8. The highest BCUT2D eigenvalue weighted by Gasteiger charge is 2.19. The molecule has 1 aromatic heterocycles. The molecule has 0 aliphatic carbocycles. The number of ether oxygens (including phenoxy) is 1. The highest BCUT2D eigenvalue weighted by molar-refractivity contribution is 5.94. The van der Waals surface area contributed by atoms with Crippen LogP contribution in [0.15, 0.2) is 30.0 Å². The lowest BCUT2D eigenvalue weighted by Crippen LogP contribution is -2.39. The quantitative estimate of drug-likeness (QED) is 0.631. The number of rotatable bonds is 4. The second-order valence-electron chi connectivity index (χ2n) is 7.44. The SMILES string of the molecule is O=C1CCc2cc(C=CC(=O)N3CC=C(CN4CCOCC4)CC3)cnc2N1. The van der Waals surface area contributed by atoms with Crippen LogP contribution in [0.25, 0.3) is 6.08 Å². The lowest BCUT2D eigenvalue weighted by Gasteiger charge is -2.31. The fourth-order valence-electron chi connectivity index (χ4n) is 3.74. The van der Waals surface area contributed by atoms with Crippen LogP contribution in [0.5, 0.6) is 0 Å². The molecule has 4 rings (SSSR count). The molecule has 148 valence electrons. The number of aromatic nitrogens is 1. The Bertz CT molecular complexity index is 812. The number of morpholine rings is 1. The fourth-order valence-corrected chi connectivity index (χ4v) is 3.74. The van der Waals surface area contributed by atoms with Crippen molar-refractivity contribution in [2.24, 2.45) is 0 Å². The maximum absolute atomic E-state index is 12.5. The van der Waals surface area contributed by atoms with Crippen LogP contribution in [0, 0.1) is 0 Å². The van der Waals surface area contributed by atoms with Gasteiger partial charge in [-0.15, -0.1) is 0 Å². The maximum atomic E-state index is 12.5. The Kier molecular flexibility index (Phi) is 5.83. The Hall–Kier alpha value is -2.51. The summed E-state index contributed by atoms with van der Waals surface area (Å²) in [4.78, 5) is 32.5. The second-order valence-corrected chi connectivity index (χ2v) is 7.44. The normalized spacial score (nSPS) is 20.6. The number of pyridine rings is 1. The van der Waals surface area contributed by atoms with E-state index in [1.807, 2.05) is 11.0 Å². The molecule has 3 aliphatic heterocycles. The first-order chi connectivity index (χ1) is 13.7. The lowest BCUT2D eigenvalue weighted by molar-refractivity contribution is -0.125.